The molecule has 0 saturated heterocycles. The zero-order valence-corrected chi connectivity index (χ0v) is 16.1. The standard InChI is InChI=1S/C27H21N/c1-27(2)23-10-6-5-9-21(23)26-25(27)22-16-20(13-14-24(22)28-26)19-12-11-17-7-3-4-8-18(17)15-19/h3-16,28H,1-2H3. The van der Waals surface area contributed by atoms with Gasteiger partial charge < -0.3 is 4.98 Å². The minimum atomic E-state index is 0.00614. The van der Waals surface area contributed by atoms with Gasteiger partial charge in [-0.05, 0) is 51.2 Å². The summed E-state index contributed by atoms with van der Waals surface area (Å²) in [6.07, 6.45) is 0. The molecule has 1 aliphatic carbocycles. The molecule has 0 saturated carbocycles. The molecule has 0 atom stereocenters. The van der Waals surface area contributed by atoms with Crippen molar-refractivity contribution in [1.29, 1.82) is 0 Å². The highest BCUT2D eigenvalue weighted by Crippen LogP contribution is 2.51. The third-order valence-corrected chi connectivity index (χ3v) is 6.38. The molecule has 5 aromatic rings. The van der Waals surface area contributed by atoms with Crippen LogP contribution >= 0.6 is 0 Å². The predicted octanol–water partition coefficient (Wildman–Crippen LogP) is 7.29. The first kappa shape index (κ1) is 15.7. The van der Waals surface area contributed by atoms with Gasteiger partial charge in [0.2, 0.25) is 0 Å². The normalized spacial score (nSPS) is 14.4. The number of aromatic amines is 1. The third kappa shape index (κ3) is 2.02. The molecule has 1 N–H and O–H groups in total. The number of hydrogen-bond acceptors (Lipinski definition) is 0. The lowest BCUT2D eigenvalue weighted by molar-refractivity contribution is 0.666. The number of H-pyrrole nitrogens is 1. The fraction of sp³-hybridized carbons (Fsp3) is 0.111. The Kier molecular flexibility index (Phi) is 3.01. The molecule has 0 unspecified atom stereocenters. The number of hydrogen-bond donors (Lipinski definition) is 1. The first-order chi connectivity index (χ1) is 13.6. The van der Waals surface area contributed by atoms with Crippen molar-refractivity contribution in [2.24, 2.45) is 0 Å². The maximum atomic E-state index is 3.70. The van der Waals surface area contributed by atoms with E-state index in [1.807, 2.05) is 0 Å². The van der Waals surface area contributed by atoms with Gasteiger partial charge in [-0.15, -0.1) is 0 Å². The number of aromatic nitrogens is 1. The summed E-state index contributed by atoms with van der Waals surface area (Å²) in [5.41, 5.74) is 9.22. The van der Waals surface area contributed by atoms with E-state index in [0.29, 0.717) is 0 Å². The molecule has 4 aromatic carbocycles. The second kappa shape index (κ2) is 5.36. The second-order valence-electron chi connectivity index (χ2n) is 8.37. The van der Waals surface area contributed by atoms with Crippen molar-refractivity contribution in [3.8, 4) is 22.4 Å². The van der Waals surface area contributed by atoms with Crippen LogP contribution in [-0.4, -0.2) is 4.98 Å². The molecule has 1 heterocycles. The van der Waals surface area contributed by atoms with Gasteiger partial charge in [0.1, 0.15) is 0 Å². The number of rotatable bonds is 1. The van der Waals surface area contributed by atoms with Crippen LogP contribution in [0.5, 0.6) is 0 Å². The minimum absolute atomic E-state index is 0.00614. The van der Waals surface area contributed by atoms with E-state index in [1.54, 1.807) is 0 Å². The van der Waals surface area contributed by atoms with Gasteiger partial charge in [-0.1, -0.05) is 80.6 Å². The first-order valence-corrected chi connectivity index (χ1v) is 9.88. The number of fused-ring (bicyclic) bond motifs is 6. The van der Waals surface area contributed by atoms with Crippen LogP contribution in [-0.2, 0) is 5.41 Å². The average molecular weight is 359 g/mol. The summed E-state index contributed by atoms with van der Waals surface area (Å²) in [7, 11) is 0. The second-order valence-corrected chi connectivity index (χ2v) is 8.37. The van der Waals surface area contributed by atoms with Crippen LogP contribution in [0.2, 0.25) is 0 Å². The first-order valence-electron chi connectivity index (χ1n) is 9.88. The van der Waals surface area contributed by atoms with Crippen LogP contribution < -0.4 is 0 Å². The molecule has 0 bridgehead atoms. The molecule has 1 aromatic heterocycles. The SMILES string of the molecule is CC1(C)c2ccccc2-c2[nH]c3ccc(-c4ccc5ccccc5c4)cc3c21. The van der Waals surface area contributed by atoms with Gasteiger partial charge in [0.05, 0.1) is 5.69 Å². The van der Waals surface area contributed by atoms with Crippen molar-refractivity contribution in [3.05, 3.63) is 96.1 Å². The van der Waals surface area contributed by atoms with Gasteiger partial charge in [0.15, 0.2) is 0 Å². The van der Waals surface area contributed by atoms with Crippen LogP contribution in [0.4, 0.5) is 0 Å². The van der Waals surface area contributed by atoms with E-state index in [2.05, 4.69) is 104 Å². The molecule has 1 heteroatoms. The molecule has 1 aliphatic rings. The Morgan fingerprint density at radius 1 is 0.679 bits per heavy atom. The Hall–Kier alpha value is -3.32. The maximum Gasteiger partial charge on any atom is 0.0509 e. The summed E-state index contributed by atoms with van der Waals surface area (Å²) in [6.45, 7) is 4.68. The highest BCUT2D eigenvalue weighted by atomic mass is 14.7. The van der Waals surface area contributed by atoms with Gasteiger partial charge in [0, 0.05) is 21.9 Å². The van der Waals surface area contributed by atoms with Crippen LogP contribution in [0.15, 0.2) is 84.9 Å². The monoisotopic (exact) mass is 359 g/mol. The van der Waals surface area contributed by atoms with Crippen LogP contribution in [0.25, 0.3) is 44.1 Å². The van der Waals surface area contributed by atoms with Crippen LogP contribution in [0.3, 0.4) is 0 Å². The summed E-state index contributed by atoms with van der Waals surface area (Å²) in [5.74, 6) is 0. The maximum absolute atomic E-state index is 3.70. The minimum Gasteiger partial charge on any atom is -0.354 e. The van der Waals surface area contributed by atoms with E-state index in [9.17, 15) is 0 Å². The van der Waals surface area contributed by atoms with Gasteiger partial charge in [-0.25, -0.2) is 0 Å². The average Bonchev–Trinajstić information content (AvgIpc) is 3.22. The van der Waals surface area contributed by atoms with Crippen molar-refractivity contribution in [2.45, 2.75) is 19.3 Å². The zero-order chi connectivity index (χ0) is 18.9. The lowest BCUT2D eigenvalue weighted by atomic mass is 9.81. The Labute approximate surface area is 164 Å². The van der Waals surface area contributed by atoms with Gasteiger partial charge in [-0.3, -0.25) is 0 Å². The molecule has 134 valence electrons. The quantitative estimate of drug-likeness (QED) is 0.323. The number of benzene rings is 4. The molecule has 28 heavy (non-hydrogen) atoms. The Morgan fingerprint density at radius 3 is 2.29 bits per heavy atom. The highest BCUT2D eigenvalue weighted by Gasteiger charge is 2.38. The summed E-state index contributed by atoms with van der Waals surface area (Å²) < 4.78 is 0. The Bertz CT molecular complexity index is 1380. The van der Waals surface area contributed by atoms with Crippen molar-refractivity contribution in [2.75, 3.05) is 0 Å². The predicted molar refractivity (Wildman–Crippen MR) is 119 cm³/mol. The third-order valence-electron chi connectivity index (χ3n) is 6.38. The molecule has 6 rings (SSSR count). The fourth-order valence-corrected chi connectivity index (χ4v) is 4.97. The molecule has 0 aliphatic heterocycles. The van der Waals surface area contributed by atoms with E-state index >= 15 is 0 Å². The van der Waals surface area contributed by atoms with Crippen LogP contribution in [0, 0.1) is 0 Å². The van der Waals surface area contributed by atoms with Crippen molar-refractivity contribution >= 4 is 21.7 Å². The molecule has 0 spiro atoms. The summed E-state index contributed by atoms with van der Waals surface area (Å²) in [5, 5.41) is 3.90. The lowest BCUT2D eigenvalue weighted by Crippen LogP contribution is -2.14. The largest absolute Gasteiger partial charge is 0.354 e. The van der Waals surface area contributed by atoms with E-state index in [0.717, 1.165) is 0 Å². The van der Waals surface area contributed by atoms with Gasteiger partial charge >= 0.3 is 0 Å². The number of nitrogens with one attached hydrogen (secondary N) is 1. The molecular weight excluding hydrogens is 338 g/mol. The van der Waals surface area contributed by atoms with E-state index < -0.39 is 0 Å². The van der Waals surface area contributed by atoms with E-state index in [-0.39, 0.29) is 5.41 Å². The van der Waals surface area contributed by atoms with E-state index in [4.69, 9.17) is 0 Å². The summed E-state index contributed by atoms with van der Waals surface area (Å²) in [4.78, 5) is 3.70. The van der Waals surface area contributed by atoms with Crippen molar-refractivity contribution in [1.82, 2.24) is 4.98 Å². The van der Waals surface area contributed by atoms with Gasteiger partial charge in [-0.2, -0.15) is 0 Å². The molecular formula is C27H21N. The topological polar surface area (TPSA) is 15.8 Å². The Balaban J connectivity index is 1.59. The summed E-state index contributed by atoms with van der Waals surface area (Å²) >= 11 is 0. The van der Waals surface area contributed by atoms with Crippen LogP contribution in [0.1, 0.15) is 25.0 Å². The highest BCUT2D eigenvalue weighted by molar-refractivity contribution is 5.99. The zero-order valence-electron chi connectivity index (χ0n) is 16.1. The lowest BCUT2D eigenvalue weighted by Gasteiger charge is -2.21. The van der Waals surface area contributed by atoms with E-state index in [1.165, 1.54) is 55.2 Å². The molecule has 0 radical (unpaired) electrons. The van der Waals surface area contributed by atoms with Crippen molar-refractivity contribution in [3.63, 3.8) is 0 Å². The fourth-order valence-electron chi connectivity index (χ4n) is 4.97. The molecule has 1 nitrogen and oxygen atoms in total. The molecule has 0 amide bonds. The smallest absolute Gasteiger partial charge is 0.0509 e. The Morgan fingerprint density at radius 2 is 1.39 bits per heavy atom. The van der Waals surface area contributed by atoms with Crippen molar-refractivity contribution < 1.29 is 0 Å². The summed E-state index contributed by atoms with van der Waals surface area (Å²) in [6, 6.07) is 30.9. The van der Waals surface area contributed by atoms with Gasteiger partial charge in [0.25, 0.3) is 0 Å². The molecule has 0 fully saturated rings.